The molecular formula is C16H27N3O2. The number of carbonyl (C=O) groups is 1. The number of benzene rings is 1. The standard InChI is InChI=1S/C16H27N3O2/c1-12-11-14(17)7-8-15(12)18-16(21)13(2)19(3)9-5-4-6-10-20/h7-8,11,13,20H,4-6,9-10,17H2,1-3H3,(H,18,21). The van der Waals surface area contributed by atoms with Crippen molar-refractivity contribution in [2.24, 2.45) is 0 Å². The van der Waals surface area contributed by atoms with Crippen LogP contribution in [0.2, 0.25) is 0 Å². The van der Waals surface area contributed by atoms with Crippen molar-refractivity contribution in [2.45, 2.75) is 39.2 Å². The number of nitrogens with zero attached hydrogens (tertiary/aromatic N) is 1. The lowest BCUT2D eigenvalue weighted by Gasteiger charge is -2.24. The molecule has 21 heavy (non-hydrogen) atoms. The maximum Gasteiger partial charge on any atom is 0.241 e. The highest BCUT2D eigenvalue weighted by molar-refractivity contribution is 5.95. The predicted octanol–water partition coefficient (Wildman–Crippen LogP) is 2.00. The highest BCUT2D eigenvalue weighted by Crippen LogP contribution is 2.18. The summed E-state index contributed by atoms with van der Waals surface area (Å²) in [5.41, 5.74) is 8.16. The van der Waals surface area contributed by atoms with Gasteiger partial charge >= 0.3 is 0 Å². The number of aliphatic hydroxyl groups is 1. The smallest absolute Gasteiger partial charge is 0.241 e. The fourth-order valence-corrected chi connectivity index (χ4v) is 2.11. The molecule has 1 amide bonds. The second-order valence-corrected chi connectivity index (χ2v) is 5.50. The first kappa shape index (κ1) is 17.5. The van der Waals surface area contributed by atoms with Crippen LogP contribution < -0.4 is 11.1 Å². The predicted molar refractivity (Wildman–Crippen MR) is 87.2 cm³/mol. The molecule has 0 aliphatic heterocycles. The Kier molecular flexibility index (Phi) is 7.19. The van der Waals surface area contributed by atoms with E-state index in [-0.39, 0.29) is 18.6 Å². The number of anilines is 2. The molecule has 0 radical (unpaired) electrons. The zero-order valence-electron chi connectivity index (χ0n) is 13.2. The van der Waals surface area contributed by atoms with Crippen LogP contribution in [0.1, 0.15) is 31.7 Å². The van der Waals surface area contributed by atoms with Crippen molar-refractivity contribution in [3.05, 3.63) is 23.8 Å². The van der Waals surface area contributed by atoms with Crippen molar-refractivity contribution in [3.8, 4) is 0 Å². The average Bonchev–Trinajstić information content (AvgIpc) is 2.45. The van der Waals surface area contributed by atoms with Crippen molar-refractivity contribution in [1.29, 1.82) is 0 Å². The number of nitrogens with one attached hydrogen (secondary N) is 1. The normalized spacial score (nSPS) is 12.4. The van der Waals surface area contributed by atoms with Crippen LogP contribution in [0.4, 0.5) is 11.4 Å². The van der Waals surface area contributed by atoms with Gasteiger partial charge in [-0.25, -0.2) is 0 Å². The Morgan fingerprint density at radius 1 is 1.38 bits per heavy atom. The second kappa shape index (κ2) is 8.64. The maximum atomic E-state index is 12.3. The highest BCUT2D eigenvalue weighted by Gasteiger charge is 2.18. The van der Waals surface area contributed by atoms with Crippen LogP contribution >= 0.6 is 0 Å². The molecular weight excluding hydrogens is 266 g/mol. The molecule has 0 fully saturated rings. The van der Waals surface area contributed by atoms with E-state index in [0.29, 0.717) is 5.69 Å². The molecule has 1 atom stereocenters. The second-order valence-electron chi connectivity index (χ2n) is 5.50. The van der Waals surface area contributed by atoms with Crippen molar-refractivity contribution in [3.63, 3.8) is 0 Å². The molecule has 0 bridgehead atoms. The summed E-state index contributed by atoms with van der Waals surface area (Å²) in [7, 11) is 1.94. The van der Waals surface area contributed by atoms with Crippen LogP contribution in [0, 0.1) is 6.92 Å². The average molecular weight is 293 g/mol. The molecule has 118 valence electrons. The Morgan fingerprint density at radius 2 is 2.10 bits per heavy atom. The monoisotopic (exact) mass is 293 g/mol. The molecule has 0 aliphatic carbocycles. The molecule has 0 aromatic heterocycles. The van der Waals surface area contributed by atoms with Crippen molar-refractivity contribution in [1.82, 2.24) is 4.90 Å². The van der Waals surface area contributed by atoms with E-state index in [1.165, 1.54) is 0 Å². The maximum absolute atomic E-state index is 12.3. The van der Waals surface area contributed by atoms with Gasteiger partial charge in [-0.15, -0.1) is 0 Å². The zero-order valence-corrected chi connectivity index (χ0v) is 13.2. The van der Waals surface area contributed by atoms with Gasteiger partial charge in [0, 0.05) is 18.0 Å². The number of likely N-dealkylation sites (N-methyl/N-ethyl adjacent to an activating group) is 1. The third-order valence-electron chi connectivity index (χ3n) is 3.72. The van der Waals surface area contributed by atoms with Crippen LogP contribution in [0.15, 0.2) is 18.2 Å². The summed E-state index contributed by atoms with van der Waals surface area (Å²) in [5.74, 6) is -0.0208. The van der Waals surface area contributed by atoms with Crippen LogP contribution in [-0.2, 0) is 4.79 Å². The van der Waals surface area contributed by atoms with Gasteiger partial charge in [0.2, 0.25) is 5.91 Å². The minimum absolute atomic E-state index is 0.0208. The van der Waals surface area contributed by atoms with Gasteiger partial charge in [0.1, 0.15) is 0 Å². The molecule has 1 aromatic rings. The highest BCUT2D eigenvalue weighted by atomic mass is 16.2. The third kappa shape index (κ3) is 5.73. The summed E-state index contributed by atoms with van der Waals surface area (Å²) in [5, 5.41) is 11.7. The molecule has 0 aliphatic rings. The van der Waals surface area contributed by atoms with Gasteiger partial charge in [-0.2, -0.15) is 0 Å². The number of amides is 1. The van der Waals surface area contributed by atoms with Gasteiger partial charge in [0.15, 0.2) is 0 Å². The number of hydrogen-bond donors (Lipinski definition) is 3. The van der Waals surface area contributed by atoms with Crippen LogP contribution in [-0.4, -0.2) is 42.2 Å². The summed E-state index contributed by atoms with van der Waals surface area (Å²) in [6.07, 6.45) is 2.78. The molecule has 0 spiro atoms. The molecule has 4 N–H and O–H groups in total. The van der Waals surface area contributed by atoms with E-state index >= 15 is 0 Å². The molecule has 0 saturated heterocycles. The minimum atomic E-state index is -0.198. The van der Waals surface area contributed by atoms with Gasteiger partial charge in [0.05, 0.1) is 6.04 Å². The Morgan fingerprint density at radius 3 is 2.71 bits per heavy atom. The van der Waals surface area contributed by atoms with Crippen molar-refractivity contribution >= 4 is 17.3 Å². The number of nitrogen functional groups attached to an aromatic ring is 1. The first-order valence-electron chi connectivity index (χ1n) is 7.43. The van der Waals surface area contributed by atoms with Crippen molar-refractivity contribution in [2.75, 3.05) is 31.2 Å². The van der Waals surface area contributed by atoms with Gasteiger partial charge in [-0.1, -0.05) is 0 Å². The number of nitrogens with two attached hydrogens (primary N) is 1. The van der Waals surface area contributed by atoms with Crippen LogP contribution in [0.25, 0.3) is 0 Å². The number of unbranched alkanes of at least 4 members (excludes halogenated alkanes) is 2. The largest absolute Gasteiger partial charge is 0.399 e. The fraction of sp³-hybridized carbons (Fsp3) is 0.562. The van der Waals surface area contributed by atoms with E-state index < -0.39 is 0 Å². The first-order chi connectivity index (χ1) is 9.95. The Labute approximate surface area is 127 Å². The lowest BCUT2D eigenvalue weighted by atomic mass is 10.1. The summed E-state index contributed by atoms with van der Waals surface area (Å²) in [4.78, 5) is 14.3. The summed E-state index contributed by atoms with van der Waals surface area (Å²) < 4.78 is 0. The number of aliphatic hydroxyl groups excluding tert-OH is 1. The Balaban J connectivity index is 2.49. The molecule has 5 heteroatoms. The number of hydrogen-bond acceptors (Lipinski definition) is 4. The molecule has 1 unspecified atom stereocenters. The third-order valence-corrected chi connectivity index (χ3v) is 3.72. The van der Waals surface area contributed by atoms with Crippen molar-refractivity contribution < 1.29 is 9.90 Å². The van der Waals surface area contributed by atoms with E-state index in [2.05, 4.69) is 5.32 Å². The number of rotatable bonds is 8. The van der Waals surface area contributed by atoms with E-state index in [4.69, 9.17) is 10.8 Å². The lowest BCUT2D eigenvalue weighted by Crippen LogP contribution is -2.40. The van der Waals surface area contributed by atoms with Gasteiger partial charge in [0.25, 0.3) is 0 Å². The van der Waals surface area contributed by atoms with Crippen LogP contribution in [0.5, 0.6) is 0 Å². The molecule has 0 saturated carbocycles. The fourth-order valence-electron chi connectivity index (χ4n) is 2.11. The molecule has 5 nitrogen and oxygen atoms in total. The van der Waals surface area contributed by atoms with Gasteiger partial charge in [-0.05, 0) is 70.5 Å². The zero-order chi connectivity index (χ0) is 15.8. The van der Waals surface area contributed by atoms with Crippen LogP contribution in [0.3, 0.4) is 0 Å². The minimum Gasteiger partial charge on any atom is -0.399 e. The summed E-state index contributed by atoms with van der Waals surface area (Å²) >= 11 is 0. The molecule has 0 heterocycles. The topological polar surface area (TPSA) is 78.6 Å². The van der Waals surface area contributed by atoms with Gasteiger partial charge in [-0.3, -0.25) is 9.69 Å². The number of aryl methyl sites for hydroxylation is 1. The van der Waals surface area contributed by atoms with E-state index in [9.17, 15) is 4.79 Å². The Hall–Kier alpha value is -1.59. The molecule has 1 aromatic carbocycles. The van der Waals surface area contributed by atoms with E-state index in [1.807, 2.05) is 37.9 Å². The quantitative estimate of drug-likeness (QED) is 0.506. The summed E-state index contributed by atoms with van der Waals surface area (Å²) in [6, 6.07) is 5.26. The van der Waals surface area contributed by atoms with E-state index in [0.717, 1.165) is 37.1 Å². The Bertz CT molecular complexity index is 463. The lowest BCUT2D eigenvalue weighted by molar-refractivity contribution is -0.120. The molecule has 1 rings (SSSR count). The van der Waals surface area contributed by atoms with Gasteiger partial charge < -0.3 is 16.2 Å². The first-order valence-corrected chi connectivity index (χ1v) is 7.43. The SMILES string of the molecule is Cc1cc(N)ccc1NC(=O)C(C)N(C)CCCCCO. The summed E-state index contributed by atoms with van der Waals surface area (Å²) in [6.45, 7) is 4.90. The van der Waals surface area contributed by atoms with E-state index in [1.54, 1.807) is 6.07 Å². The number of carbonyl (C=O) groups excluding carboxylic acids is 1.